The number of hydrogen-bond acceptors (Lipinski definition) is 4. The Kier molecular flexibility index (Phi) is 4.09. The van der Waals surface area contributed by atoms with E-state index in [2.05, 4.69) is 0 Å². The van der Waals surface area contributed by atoms with Crippen molar-refractivity contribution < 1.29 is 14.3 Å². The highest BCUT2D eigenvalue weighted by molar-refractivity contribution is 6.40. The molecule has 0 amide bonds. The monoisotopic (exact) mass is 355 g/mol. The van der Waals surface area contributed by atoms with Gasteiger partial charge < -0.3 is 10.5 Å². The van der Waals surface area contributed by atoms with Crippen LogP contribution in [0.5, 0.6) is 0 Å². The molecule has 4 rings (SSSR count). The van der Waals surface area contributed by atoms with Crippen molar-refractivity contribution in [2.45, 2.75) is 6.92 Å². The first-order valence-electron chi connectivity index (χ1n) is 8.56. The van der Waals surface area contributed by atoms with E-state index in [1.807, 2.05) is 43.3 Å². The van der Waals surface area contributed by atoms with Crippen LogP contribution in [0.4, 0.5) is 5.69 Å². The summed E-state index contributed by atoms with van der Waals surface area (Å²) < 4.78 is 5.49. The van der Waals surface area contributed by atoms with Crippen LogP contribution < -0.4 is 5.73 Å². The van der Waals surface area contributed by atoms with E-state index in [1.165, 1.54) is 6.26 Å². The zero-order valence-electron chi connectivity index (χ0n) is 14.7. The molecule has 2 aliphatic rings. The Balaban J connectivity index is 1.68. The Labute approximate surface area is 157 Å². The molecular weight excluding hydrogens is 338 g/mol. The minimum absolute atomic E-state index is 0.188. The SMILES string of the molecule is Cc1ccc2c(c1)C(=O)C(=C1C=COC(C=Cc3ccc(N)cc3)=C1)C2=O. The molecule has 0 saturated carbocycles. The maximum Gasteiger partial charge on any atom is 0.198 e. The summed E-state index contributed by atoms with van der Waals surface area (Å²) in [6.07, 6.45) is 8.50. The number of hydrogen-bond donors (Lipinski definition) is 1. The fourth-order valence-corrected chi connectivity index (χ4v) is 3.13. The van der Waals surface area contributed by atoms with Gasteiger partial charge in [0.15, 0.2) is 11.6 Å². The van der Waals surface area contributed by atoms with Crippen LogP contribution >= 0.6 is 0 Å². The molecule has 2 aromatic carbocycles. The van der Waals surface area contributed by atoms with Gasteiger partial charge in [0.05, 0.1) is 11.8 Å². The summed E-state index contributed by atoms with van der Waals surface area (Å²) in [5, 5.41) is 0. The third-order valence-electron chi connectivity index (χ3n) is 4.53. The standard InChI is InChI=1S/C23H17NO3/c1-14-2-9-19-20(12-14)23(26)21(22(19)25)16-10-11-27-18(13-16)8-5-15-3-6-17(24)7-4-15/h2-13H,24H2,1H3. The summed E-state index contributed by atoms with van der Waals surface area (Å²) in [4.78, 5) is 25.5. The number of rotatable bonds is 2. The molecule has 1 heterocycles. The van der Waals surface area contributed by atoms with Crippen LogP contribution in [0.2, 0.25) is 0 Å². The maximum atomic E-state index is 12.8. The van der Waals surface area contributed by atoms with Gasteiger partial charge in [-0.1, -0.05) is 35.9 Å². The lowest BCUT2D eigenvalue weighted by Crippen LogP contribution is -2.05. The molecule has 1 aliphatic heterocycles. The molecule has 0 saturated heterocycles. The van der Waals surface area contributed by atoms with Crippen molar-refractivity contribution in [3.05, 3.63) is 106 Å². The molecule has 0 bridgehead atoms. The van der Waals surface area contributed by atoms with Crippen LogP contribution in [-0.4, -0.2) is 11.6 Å². The van der Waals surface area contributed by atoms with Crippen LogP contribution in [0.1, 0.15) is 31.8 Å². The van der Waals surface area contributed by atoms with Gasteiger partial charge in [-0.2, -0.15) is 0 Å². The third kappa shape index (κ3) is 3.13. The van der Waals surface area contributed by atoms with E-state index in [0.29, 0.717) is 28.1 Å². The minimum Gasteiger partial charge on any atom is -0.465 e. The van der Waals surface area contributed by atoms with Crippen LogP contribution in [0.3, 0.4) is 0 Å². The number of ketones is 2. The maximum absolute atomic E-state index is 12.8. The molecule has 4 heteroatoms. The van der Waals surface area contributed by atoms with E-state index in [4.69, 9.17) is 10.5 Å². The summed E-state index contributed by atoms with van der Waals surface area (Å²) in [5.41, 5.74) is 9.97. The number of benzene rings is 2. The van der Waals surface area contributed by atoms with Gasteiger partial charge in [0, 0.05) is 16.8 Å². The van der Waals surface area contributed by atoms with Crippen LogP contribution in [-0.2, 0) is 4.74 Å². The summed E-state index contributed by atoms with van der Waals surface area (Å²) >= 11 is 0. The van der Waals surface area contributed by atoms with Crippen molar-refractivity contribution in [2.75, 3.05) is 5.73 Å². The second kappa shape index (κ2) is 6.57. The fourth-order valence-electron chi connectivity index (χ4n) is 3.13. The van der Waals surface area contributed by atoms with E-state index < -0.39 is 0 Å². The molecule has 132 valence electrons. The number of carbonyl (C=O) groups is 2. The Morgan fingerprint density at radius 3 is 2.44 bits per heavy atom. The molecule has 2 aromatic rings. The van der Waals surface area contributed by atoms with E-state index in [9.17, 15) is 9.59 Å². The summed E-state index contributed by atoms with van der Waals surface area (Å²) in [5.74, 6) is 0.0672. The fraction of sp³-hybridized carbons (Fsp3) is 0.0435. The smallest absolute Gasteiger partial charge is 0.198 e. The number of fused-ring (bicyclic) bond motifs is 1. The highest BCUT2D eigenvalue weighted by Crippen LogP contribution is 2.31. The van der Waals surface area contributed by atoms with Crippen molar-refractivity contribution in [3.63, 3.8) is 0 Å². The third-order valence-corrected chi connectivity index (χ3v) is 4.53. The predicted octanol–water partition coefficient (Wildman–Crippen LogP) is 4.39. The molecule has 1 aliphatic carbocycles. The number of allylic oxidation sites excluding steroid dienone is 5. The van der Waals surface area contributed by atoms with Gasteiger partial charge in [0.2, 0.25) is 0 Å². The molecule has 2 N–H and O–H groups in total. The van der Waals surface area contributed by atoms with E-state index >= 15 is 0 Å². The highest BCUT2D eigenvalue weighted by atomic mass is 16.5. The first-order chi connectivity index (χ1) is 13.0. The molecule has 0 fully saturated rings. The predicted molar refractivity (Wildman–Crippen MR) is 105 cm³/mol. The summed E-state index contributed by atoms with van der Waals surface area (Å²) in [6, 6.07) is 12.7. The lowest BCUT2D eigenvalue weighted by molar-refractivity contribution is 0.0988. The van der Waals surface area contributed by atoms with Crippen LogP contribution in [0, 0.1) is 6.92 Å². The lowest BCUT2D eigenvalue weighted by atomic mass is 10.0. The number of ether oxygens (including phenoxy) is 1. The van der Waals surface area contributed by atoms with Crippen molar-refractivity contribution in [3.8, 4) is 0 Å². The summed E-state index contributed by atoms with van der Waals surface area (Å²) in [6.45, 7) is 1.90. The number of Topliss-reactive ketones (excluding diaryl/α,β-unsaturated/α-hetero) is 2. The topological polar surface area (TPSA) is 69.4 Å². The molecule has 0 spiro atoms. The Morgan fingerprint density at radius 1 is 0.926 bits per heavy atom. The highest BCUT2D eigenvalue weighted by Gasteiger charge is 2.35. The average molecular weight is 355 g/mol. The van der Waals surface area contributed by atoms with Crippen LogP contribution in [0.25, 0.3) is 6.08 Å². The number of nitrogens with two attached hydrogens (primary N) is 1. The largest absolute Gasteiger partial charge is 0.465 e. The quantitative estimate of drug-likeness (QED) is 0.493. The van der Waals surface area contributed by atoms with Crippen molar-refractivity contribution in [1.29, 1.82) is 0 Å². The number of nitrogen functional groups attached to an aromatic ring is 1. The molecule has 0 atom stereocenters. The number of anilines is 1. The Morgan fingerprint density at radius 2 is 1.67 bits per heavy atom. The molecule has 4 nitrogen and oxygen atoms in total. The van der Waals surface area contributed by atoms with Gasteiger partial charge in [0.25, 0.3) is 0 Å². The first-order valence-corrected chi connectivity index (χ1v) is 8.56. The van der Waals surface area contributed by atoms with Crippen molar-refractivity contribution in [1.82, 2.24) is 0 Å². The van der Waals surface area contributed by atoms with Gasteiger partial charge in [-0.25, -0.2) is 0 Å². The van der Waals surface area contributed by atoms with Gasteiger partial charge in [0.1, 0.15) is 5.76 Å². The second-order valence-electron chi connectivity index (χ2n) is 6.50. The Hall–Kier alpha value is -3.66. The number of aryl methyl sites for hydroxylation is 1. The molecule has 27 heavy (non-hydrogen) atoms. The normalized spacial score (nSPS) is 18.6. The Bertz CT molecular complexity index is 1080. The van der Waals surface area contributed by atoms with Gasteiger partial charge >= 0.3 is 0 Å². The molecule has 0 radical (unpaired) electrons. The van der Waals surface area contributed by atoms with Crippen molar-refractivity contribution >= 4 is 23.3 Å². The molecule has 0 aromatic heterocycles. The lowest BCUT2D eigenvalue weighted by Gasteiger charge is -2.09. The van der Waals surface area contributed by atoms with Crippen molar-refractivity contribution in [2.24, 2.45) is 0 Å². The first kappa shape index (κ1) is 16.8. The van der Waals surface area contributed by atoms with Gasteiger partial charge in [-0.15, -0.1) is 0 Å². The van der Waals surface area contributed by atoms with Gasteiger partial charge in [-0.05, 0) is 54.5 Å². The number of carbonyl (C=O) groups excluding carboxylic acids is 2. The minimum atomic E-state index is -0.241. The second-order valence-corrected chi connectivity index (χ2v) is 6.50. The summed E-state index contributed by atoms with van der Waals surface area (Å²) in [7, 11) is 0. The zero-order chi connectivity index (χ0) is 19.0. The van der Waals surface area contributed by atoms with Gasteiger partial charge in [-0.3, -0.25) is 9.59 Å². The average Bonchev–Trinajstić information content (AvgIpc) is 2.91. The zero-order valence-corrected chi connectivity index (χ0v) is 14.7. The molecule has 0 unspecified atom stereocenters. The van der Waals surface area contributed by atoms with E-state index in [1.54, 1.807) is 30.4 Å². The van der Waals surface area contributed by atoms with E-state index in [0.717, 1.165) is 11.1 Å². The molecular formula is C23H17NO3. The van der Waals surface area contributed by atoms with Crippen LogP contribution in [0.15, 0.2) is 83.9 Å². The van der Waals surface area contributed by atoms with E-state index in [-0.39, 0.29) is 17.1 Å².